The maximum Gasteiger partial charge on any atom is 0.0677 e. The minimum Gasteiger partial charge on any atom is -0.392 e. The second-order valence-electron chi connectivity index (χ2n) is 8.06. The fraction of sp³-hybridized carbons (Fsp3) is 0.455. The fourth-order valence-electron chi connectivity index (χ4n) is 4.04. The van der Waals surface area contributed by atoms with Crippen molar-refractivity contribution in [2.75, 3.05) is 0 Å². The third kappa shape index (κ3) is 3.50. The molecule has 0 aliphatic heterocycles. The summed E-state index contributed by atoms with van der Waals surface area (Å²) in [7, 11) is 0. The van der Waals surface area contributed by atoms with Crippen molar-refractivity contribution in [2.24, 2.45) is 11.3 Å². The van der Waals surface area contributed by atoms with Gasteiger partial charge in [0, 0.05) is 11.8 Å². The summed E-state index contributed by atoms with van der Waals surface area (Å²) in [6.07, 6.45) is 1.83. The van der Waals surface area contributed by atoms with Crippen LogP contribution >= 0.6 is 0 Å². The van der Waals surface area contributed by atoms with E-state index in [9.17, 15) is 5.11 Å². The van der Waals surface area contributed by atoms with Gasteiger partial charge in [-0.1, -0.05) is 81.4 Å². The van der Waals surface area contributed by atoms with Crippen molar-refractivity contribution in [3.05, 3.63) is 71.8 Å². The molecule has 0 bridgehead atoms. The highest BCUT2D eigenvalue weighted by Gasteiger charge is 2.41. The molecule has 1 aliphatic rings. The summed E-state index contributed by atoms with van der Waals surface area (Å²) in [6, 6.07) is 21.1. The van der Waals surface area contributed by atoms with Crippen LogP contribution in [0.5, 0.6) is 0 Å². The molecule has 1 aliphatic carbocycles. The van der Waals surface area contributed by atoms with Crippen LogP contribution in [0.3, 0.4) is 0 Å². The van der Waals surface area contributed by atoms with Gasteiger partial charge in [0.05, 0.1) is 6.10 Å². The third-order valence-corrected chi connectivity index (χ3v) is 5.58. The van der Waals surface area contributed by atoms with Crippen LogP contribution in [0.15, 0.2) is 60.7 Å². The predicted molar refractivity (Wildman–Crippen MR) is 96.6 cm³/mol. The molecule has 0 unspecified atom stereocenters. The quantitative estimate of drug-likeness (QED) is 0.790. The zero-order chi connectivity index (χ0) is 16.4. The molecule has 23 heavy (non-hydrogen) atoms. The minimum absolute atomic E-state index is 0.222. The molecule has 2 atom stereocenters. The summed E-state index contributed by atoms with van der Waals surface area (Å²) < 4.78 is 0. The fourth-order valence-corrected chi connectivity index (χ4v) is 4.04. The Hall–Kier alpha value is -1.60. The molecule has 1 nitrogen and oxygen atoms in total. The van der Waals surface area contributed by atoms with Crippen molar-refractivity contribution in [1.29, 1.82) is 0 Å². The number of benzene rings is 2. The molecule has 0 spiro atoms. The molecular formula is C22H28O. The normalized spacial score (nSPS) is 28.5. The van der Waals surface area contributed by atoms with Crippen molar-refractivity contribution in [2.45, 2.75) is 51.6 Å². The summed E-state index contributed by atoms with van der Waals surface area (Å²) in [5.74, 6) is 1.06. The van der Waals surface area contributed by atoms with Gasteiger partial charge in [-0.3, -0.25) is 0 Å². The van der Waals surface area contributed by atoms with E-state index in [0.29, 0.717) is 5.92 Å². The van der Waals surface area contributed by atoms with E-state index in [1.165, 1.54) is 11.1 Å². The molecular weight excluding hydrogens is 280 g/mol. The van der Waals surface area contributed by atoms with Crippen LogP contribution < -0.4 is 0 Å². The zero-order valence-corrected chi connectivity index (χ0v) is 14.4. The van der Waals surface area contributed by atoms with E-state index in [4.69, 9.17) is 0 Å². The van der Waals surface area contributed by atoms with Crippen molar-refractivity contribution < 1.29 is 5.11 Å². The van der Waals surface area contributed by atoms with Crippen LogP contribution in [0.2, 0.25) is 0 Å². The van der Waals surface area contributed by atoms with Gasteiger partial charge in [-0.25, -0.2) is 0 Å². The molecule has 0 heterocycles. The lowest BCUT2D eigenvalue weighted by molar-refractivity contribution is 0.0309. The van der Waals surface area contributed by atoms with Gasteiger partial charge >= 0.3 is 0 Å². The van der Waals surface area contributed by atoms with Gasteiger partial charge in [0.1, 0.15) is 0 Å². The first-order valence-corrected chi connectivity index (χ1v) is 8.75. The highest BCUT2D eigenvalue weighted by atomic mass is 16.3. The zero-order valence-electron chi connectivity index (χ0n) is 14.4. The van der Waals surface area contributed by atoms with Gasteiger partial charge in [0.15, 0.2) is 0 Å². The first-order chi connectivity index (χ1) is 11.0. The van der Waals surface area contributed by atoms with Crippen LogP contribution in [0.25, 0.3) is 0 Å². The standard InChI is InChI=1S/C22H28O/c1-22(2,3)18-14-19(16-10-6-4-7-11-16)21(23)20(15-18)17-12-8-5-9-13-17/h4-13,18-21,23H,14-15H2,1-3H3/t18?,19-,20-,21?/m0/s1. The molecule has 122 valence electrons. The lowest BCUT2D eigenvalue weighted by Gasteiger charge is -2.45. The van der Waals surface area contributed by atoms with E-state index in [-0.39, 0.29) is 23.4 Å². The molecule has 1 N–H and O–H groups in total. The Morgan fingerprint density at radius 1 is 0.739 bits per heavy atom. The molecule has 0 aromatic heterocycles. The molecule has 3 rings (SSSR count). The molecule has 1 fully saturated rings. The summed E-state index contributed by atoms with van der Waals surface area (Å²) >= 11 is 0. The minimum atomic E-state index is -0.307. The third-order valence-electron chi connectivity index (χ3n) is 5.58. The van der Waals surface area contributed by atoms with Crippen molar-refractivity contribution in [3.8, 4) is 0 Å². The van der Waals surface area contributed by atoms with Crippen LogP contribution in [-0.4, -0.2) is 11.2 Å². The first kappa shape index (κ1) is 16.3. The Bertz CT molecular complexity index is 562. The van der Waals surface area contributed by atoms with E-state index in [1.807, 2.05) is 0 Å². The lowest BCUT2D eigenvalue weighted by Crippen LogP contribution is -2.38. The smallest absolute Gasteiger partial charge is 0.0677 e. The predicted octanol–water partition coefficient (Wildman–Crippen LogP) is 5.37. The van der Waals surface area contributed by atoms with Crippen LogP contribution in [0.4, 0.5) is 0 Å². The van der Waals surface area contributed by atoms with Gasteiger partial charge in [-0.05, 0) is 35.3 Å². The highest BCUT2D eigenvalue weighted by Crippen LogP contribution is 2.49. The molecule has 0 saturated heterocycles. The monoisotopic (exact) mass is 308 g/mol. The Labute approximate surface area is 140 Å². The Kier molecular flexibility index (Phi) is 4.59. The number of aliphatic hydroxyl groups excluding tert-OH is 1. The Morgan fingerprint density at radius 3 is 1.48 bits per heavy atom. The van der Waals surface area contributed by atoms with E-state index >= 15 is 0 Å². The molecule has 0 amide bonds. The summed E-state index contributed by atoms with van der Waals surface area (Å²) in [5, 5.41) is 11.1. The highest BCUT2D eigenvalue weighted by molar-refractivity contribution is 5.28. The maximum absolute atomic E-state index is 11.1. The lowest BCUT2D eigenvalue weighted by atomic mass is 9.62. The SMILES string of the molecule is CC(C)(C)C1C[C@@H](c2ccccc2)C(O)[C@H](c2ccccc2)C1. The maximum atomic E-state index is 11.1. The first-order valence-electron chi connectivity index (χ1n) is 8.75. The van der Waals surface area contributed by atoms with Gasteiger partial charge in [0.25, 0.3) is 0 Å². The van der Waals surface area contributed by atoms with Gasteiger partial charge in [-0.15, -0.1) is 0 Å². The van der Waals surface area contributed by atoms with E-state index < -0.39 is 0 Å². The van der Waals surface area contributed by atoms with E-state index in [2.05, 4.69) is 81.4 Å². The second kappa shape index (κ2) is 6.49. The van der Waals surface area contributed by atoms with Crippen molar-refractivity contribution >= 4 is 0 Å². The number of hydrogen-bond donors (Lipinski definition) is 1. The number of hydrogen-bond acceptors (Lipinski definition) is 1. The summed E-state index contributed by atoms with van der Waals surface area (Å²) in [5.41, 5.74) is 2.81. The number of aliphatic hydroxyl groups is 1. The van der Waals surface area contributed by atoms with Crippen LogP contribution in [0, 0.1) is 11.3 Å². The van der Waals surface area contributed by atoms with Crippen LogP contribution in [0.1, 0.15) is 56.6 Å². The van der Waals surface area contributed by atoms with Gasteiger partial charge < -0.3 is 5.11 Å². The van der Waals surface area contributed by atoms with Crippen molar-refractivity contribution in [3.63, 3.8) is 0 Å². The van der Waals surface area contributed by atoms with Crippen LogP contribution in [-0.2, 0) is 0 Å². The van der Waals surface area contributed by atoms with Gasteiger partial charge in [0.2, 0.25) is 0 Å². The molecule has 0 radical (unpaired) electrons. The Balaban J connectivity index is 1.96. The van der Waals surface area contributed by atoms with E-state index in [0.717, 1.165) is 12.8 Å². The van der Waals surface area contributed by atoms with E-state index in [1.54, 1.807) is 0 Å². The summed E-state index contributed by atoms with van der Waals surface area (Å²) in [4.78, 5) is 0. The second-order valence-corrected chi connectivity index (χ2v) is 8.06. The molecule has 2 aromatic carbocycles. The average Bonchev–Trinajstić information content (AvgIpc) is 2.55. The van der Waals surface area contributed by atoms with Crippen molar-refractivity contribution in [1.82, 2.24) is 0 Å². The van der Waals surface area contributed by atoms with Gasteiger partial charge in [-0.2, -0.15) is 0 Å². The largest absolute Gasteiger partial charge is 0.392 e. The number of rotatable bonds is 2. The molecule has 1 saturated carbocycles. The molecule has 1 heteroatoms. The average molecular weight is 308 g/mol. The molecule has 2 aromatic rings. The Morgan fingerprint density at radius 2 is 1.13 bits per heavy atom. The summed E-state index contributed by atoms with van der Waals surface area (Å²) in [6.45, 7) is 7.00. The topological polar surface area (TPSA) is 20.2 Å².